The van der Waals surface area contributed by atoms with E-state index in [2.05, 4.69) is 9.72 Å². The van der Waals surface area contributed by atoms with Gasteiger partial charge in [-0.15, -0.1) is 0 Å². The molecule has 0 aromatic carbocycles. The topological polar surface area (TPSA) is 42.4 Å². The van der Waals surface area contributed by atoms with E-state index in [1.54, 1.807) is 0 Å². The van der Waals surface area contributed by atoms with Gasteiger partial charge in [0.1, 0.15) is 5.69 Å². The van der Waals surface area contributed by atoms with Gasteiger partial charge in [-0.05, 0) is 0 Å². The lowest BCUT2D eigenvalue weighted by molar-refractivity contribution is 0.138. The number of ether oxygens (including phenoxy) is 1. The first-order valence-corrected chi connectivity index (χ1v) is 3.72. The van der Waals surface area contributed by atoms with Gasteiger partial charge < -0.3 is 9.84 Å². The first-order valence-electron chi connectivity index (χ1n) is 3.72. The van der Waals surface area contributed by atoms with E-state index in [1.165, 1.54) is 7.11 Å². The molecule has 0 unspecified atom stereocenters. The first kappa shape index (κ1) is 10.8. The Kier molecular flexibility index (Phi) is 3.29. The van der Waals surface area contributed by atoms with Crippen LogP contribution in [0.5, 0.6) is 5.88 Å². The normalized spacial score (nSPS) is 10.7. The molecule has 1 aromatic rings. The van der Waals surface area contributed by atoms with Gasteiger partial charge in [-0.3, -0.25) is 0 Å². The summed E-state index contributed by atoms with van der Waals surface area (Å²) in [5.74, 6) is -1.34. The van der Waals surface area contributed by atoms with Crippen LogP contribution in [0.1, 0.15) is 17.7 Å². The van der Waals surface area contributed by atoms with Crippen LogP contribution in [0.2, 0.25) is 0 Å². The van der Waals surface area contributed by atoms with Crippen LogP contribution in [0.25, 0.3) is 0 Å². The molecule has 1 aromatic heterocycles. The van der Waals surface area contributed by atoms with Crippen molar-refractivity contribution in [1.29, 1.82) is 0 Å². The van der Waals surface area contributed by atoms with E-state index in [1.807, 2.05) is 0 Å². The lowest BCUT2D eigenvalue weighted by Gasteiger charge is -2.07. The number of aromatic nitrogens is 1. The van der Waals surface area contributed by atoms with Crippen LogP contribution in [0.15, 0.2) is 6.07 Å². The summed E-state index contributed by atoms with van der Waals surface area (Å²) in [5.41, 5.74) is -1.26. The maximum absolute atomic E-state index is 13.1. The van der Waals surface area contributed by atoms with Crippen LogP contribution in [0.3, 0.4) is 0 Å². The van der Waals surface area contributed by atoms with Crippen molar-refractivity contribution in [3.63, 3.8) is 0 Å². The molecule has 0 spiro atoms. The summed E-state index contributed by atoms with van der Waals surface area (Å²) in [6.07, 6.45) is -3.03. The lowest BCUT2D eigenvalue weighted by atomic mass is 10.2. The Morgan fingerprint density at radius 1 is 1.57 bits per heavy atom. The zero-order valence-electron chi connectivity index (χ0n) is 7.30. The second kappa shape index (κ2) is 4.28. The van der Waals surface area contributed by atoms with Gasteiger partial charge in [-0.1, -0.05) is 0 Å². The van der Waals surface area contributed by atoms with Gasteiger partial charge in [0, 0.05) is 11.6 Å². The third-order valence-corrected chi connectivity index (χ3v) is 1.62. The van der Waals surface area contributed by atoms with Crippen LogP contribution in [-0.4, -0.2) is 17.2 Å². The molecule has 0 atom stereocenters. The van der Waals surface area contributed by atoms with E-state index in [9.17, 15) is 13.2 Å². The third kappa shape index (κ3) is 1.95. The Labute approximate surface area is 78.2 Å². The summed E-state index contributed by atoms with van der Waals surface area (Å²) in [6.45, 7) is -0.676. The number of methoxy groups -OCH3 is 1. The summed E-state index contributed by atoms with van der Waals surface area (Å²) in [7, 11) is 1.22. The van der Waals surface area contributed by atoms with Crippen molar-refractivity contribution in [3.05, 3.63) is 23.1 Å². The van der Waals surface area contributed by atoms with Crippen molar-refractivity contribution in [2.45, 2.75) is 13.0 Å². The highest BCUT2D eigenvalue weighted by Crippen LogP contribution is 2.25. The van der Waals surface area contributed by atoms with Gasteiger partial charge in [-0.2, -0.15) is 0 Å². The van der Waals surface area contributed by atoms with Crippen molar-refractivity contribution < 1.29 is 23.0 Å². The molecule has 0 saturated heterocycles. The Balaban J connectivity index is 3.27. The van der Waals surface area contributed by atoms with E-state index in [4.69, 9.17) is 5.11 Å². The first-order chi connectivity index (χ1) is 6.60. The maximum Gasteiger partial charge on any atom is 0.283 e. The zero-order chi connectivity index (χ0) is 10.7. The van der Waals surface area contributed by atoms with Gasteiger partial charge >= 0.3 is 0 Å². The lowest BCUT2D eigenvalue weighted by Crippen LogP contribution is -2.03. The monoisotopic (exact) mass is 207 g/mol. The fourth-order valence-corrected chi connectivity index (χ4v) is 0.941. The van der Waals surface area contributed by atoms with Crippen molar-refractivity contribution in [1.82, 2.24) is 4.98 Å². The minimum Gasteiger partial charge on any atom is -0.481 e. The molecule has 14 heavy (non-hydrogen) atoms. The number of pyridine rings is 1. The molecule has 0 aliphatic rings. The van der Waals surface area contributed by atoms with E-state index >= 15 is 0 Å². The van der Waals surface area contributed by atoms with E-state index in [-0.39, 0.29) is 11.4 Å². The van der Waals surface area contributed by atoms with Crippen molar-refractivity contribution in [2.75, 3.05) is 7.11 Å². The van der Waals surface area contributed by atoms with Crippen LogP contribution in [0.4, 0.5) is 13.2 Å². The number of aliphatic hydroxyl groups excluding tert-OH is 1. The molecule has 78 valence electrons. The number of rotatable bonds is 3. The zero-order valence-corrected chi connectivity index (χ0v) is 7.30. The molecule has 1 rings (SSSR count). The minimum absolute atomic E-state index is 0.147. The van der Waals surface area contributed by atoms with Crippen molar-refractivity contribution >= 4 is 0 Å². The molecule has 0 radical (unpaired) electrons. The summed E-state index contributed by atoms with van der Waals surface area (Å²) >= 11 is 0. The van der Waals surface area contributed by atoms with E-state index in [0.29, 0.717) is 0 Å². The molecule has 1 heterocycles. The minimum atomic E-state index is -3.03. The predicted octanol–water partition coefficient (Wildman–Crippen LogP) is 1.66. The second-order valence-electron chi connectivity index (χ2n) is 2.48. The molecule has 0 fully saturated rings. The number of hydrogen-bond donors (Lipinski definition) is 1. The number of halogens is 3. The smallest absolute Gasteiger partial charge is 0.283 e. The predicted molar refractivity (Wildman–Crippen MR) is 41.6 cm³/mol. The highest BCUT2D eigenvalue weighted by molar-refractivity contribution is 5.27. The summed E-state index contributed by atoms with van der Waals surface area (Å²) in [4.78, 5) is 3.24. The third-order valence-electron chi connectivity index (χ3n) is 1.62. The van der Waals surface area contributed by atoms with Gasteiger partial charge in [0.15, 0.2) is 5.82 Å². The highest BCUT2D eigenvalue weighted by Gasteiger charge is 2.20. The van der Waals surface area contributed by atoms with E-state index in [0.717, 1.165) is 6.07 Å². The average molecular weight is 207 g/mol. The van der Waals surface area contributed by atoms with Crippen LogP contribution < -0.4 is 4.74 Å². The average Bonchev–Trinajstić information content (AvgIpc) is 2.17. The Morgan fingerprint density at radius 3 is 2.64 bits per heavy atom. The maximum atomic E-state index is 13.1. The quantitative estimate of drug-likeness (QED) is 0.819. The fourth-order valence-electron chi connectivity index (χ4n) is 0.941. The summed E-state index contributed by atoms with van der Waals surface area (Å²) < 4.78 is 42.1. The van der Waals surface area contributed by atoms with Crippen LogP contribution in [-0.2, 0) is 6.61 Å². The standard InChI is InChI=1S/C8H8F3NO2/c1-14-5-2-4(3-13)6(9)7(12-5)8(10)11/h2,8,13H,3H2,1H3. The Morgan fingerprint density at radius 2 is 2.21 bits per heavy atom. The van der Waals surface area contributed by atoms with Crippen LogP contribution >= 0.6 is 0 Å². The van der Waals surface area contributed by atoms with Crippen LogP contribution in [0, 0.1) is 5.82 Å². The molecule has 0 aliphatic heterocycles. The molecule has 0 saturated carbocycles. The molecule has 6 heteroatoms. The fraction of sp³-hybridized carbons (Fsp3) is 0.375. The van der Waals surface area contributed by atoms with Gasteiger partial charge in [0.05, 0.1) is 13.7 Å². The Bertz CT molecular complexity index is 331. The van der Waals surface area contributed by atoms with Gasteiger partial charge in [-0.25, -0.2) is 18.2 Å². The van der Waals surface area contributed by atoms with E-state index < -0.39 is 24.5 Å². The number of alkyl halides is 2. The number of hydrogen-bond acceptors (Lipinski definition) is 3. The molecular formula is C8H8F3NO2. The van der Waals surface area contributed by atoms with Gasteiger partial charge in [0.2, 0.25) is 5.88 Å². The Hall–Kier alpha value is -1.30. The molecule has 0 aliphatic carbocycles. The molecule has 1 N–H and O–H groups in total. The highest BCUT2D eigenvalue weighted by atomic mass is 19.3. The molecular weight excluding hydrogens is 199 g/mol. The molecule has 0 bridgehead atoms. The van der Waals surface area contributed by atoms with Crippen molar-refractivity contribution in [2.24, 2.45) is 0 Å². The second-order valence-corrected chi connectivity index (χ2v) is 2.48. The molecule has 0 amide bonds. The summed E-state index contributed by atoms with van der Waals surface area (Å²) in [6, 6.07) is 1.07. The number of nitrogens with zero attached hydrogens (tertiary/aromatic N) is 1. The summed E-state index contributed by atoms with van der Waals surface area (Å²) in [5, 5.41) is 8.68. The van der Waals surface area contributed by atoms with Gasteiger partial charge in [0.25, 0.3) is 6.43 Å². The van der Waals surface area contributed by atoms with Crippen molar-refractivity contribution in [3.8, 4) is 5.88 Å². The molecule has 3 nitrogen and oxygen atoms in total. The largest absolute Gasteiger partial charge is 0.481 e. The SMILES string of the molecule is COc1cc(CO)c(F)c(C(F)F)n1. The number of aliphatic hydroxyl groups is 1.